The first-order valence-electron chi connectivity index (χ1n) is 5.31. The maximum Gasteiger partial charge on any atom is 0.262 e. The van der Waals surface area contributed by atoms with Crippen molar-refractivity contribution in [3.8, 4) is 0 Å². The minimum Gasteiger partial charge on any atom is -0.351 e. The largest absolute Gasteiger partial charge is 0.351 e. The number of unbranched alkanes of at least 4 members (excludes halogenated alkanes) is 5. The molecule has 0 aromatic carbocycles. The highest BCUT2D eigenvalue weighted by atomic mass is 35.5. The number of halogens is 1. The SMILES string of the molecule is C=C(Cl)C(=O)NCCCCCCCC. The van der Waals surface area contributed by atoms with Gasteiger partial charge in [0, 0.05) is 6.54 Å². The van der Waals surface area contributed by atoms with E-state index in [0.29, 0.717) is 6.54 Å². The van der Waals surface area contributed by atoms with Gasteiger partial charge in [-0.25, -0.2) is 0 Å². The van der Waals surface area contributed by atoms with E-state index in [0.717, 1.165) is 6.42 Å². The first-order valence-corrected chi connectivity index (χ1v) is 5.69. The highest BCUT2D eigenvalue weighted by Gasteiger charge is 2.00. The van der Waals surface area contributed by atoms with E-state index in [1.807, 2.05) is 0 Å². The minimum absolute atomic E-state index is 0.0657. The predicted molar refractivity (Wildman–Crippen MR) is 61.4 cm³/mol. The Bertz CT molecular complexity index is 180. The summed E-state index contributed by atoms with van der Waals surface area (Å²) in [5.41, 5.74) is 0. The normalized spacial score (nSPS) is 9.86. The van der Waals surface area contributed by atoms with E-state index in [-0.39, 0.29) is 10.9 Å². The molecule has 0 aromatic rings. The van der Waals surface area contributed by atoms with Crippen molar-refractivity contribution in [1.29, 1.82) is 0 Å². The van der Waals surface area contributed by atoms with Gasteiger partial charge in [-0.15, -0.1) is 0 Å². The van der Waals surface area contributed by atoms with Crippen molar-refractivity contribution in [1.82, 2.24) is 5.32 Å². The van der Waals surface area contributed by atoms with Crippen molar-refractivity contribution < 1.29 is 4.79 Å². The zero-order valence-corrected chi connectivity index (χ0v) is 9.70. The molecule has 0 heterocycles. The summed E-state index contributed by atoms with van der Waals surface area (Å²) in [5, 5.41) is 2.77. The van der Waals surface area contributed by atoms with Crippen LogP contribution in [0.15, 0.2) is 11.6 Å². The van der Waals surface area contributed by atoms with Gasteiger partial charge >= 0.3 is 0 Å². The molecule has 3 heteroatoms. The molecule has 1 amide bonds. The highest BCUT2D eigenvalue weighted by Crippen LogP contribution is 2.04. The number of amides is 1. The predicted octanol–water partition coefficient (Wildman–Crippen LogP) is 3.22. The average molecular weight is 218 g/mol. The van der Waals surface area contributed by atoms with Crippen LogP contribution in [-0.4, -0.2) is 12.5 Å². The molecule has 14 heavy (non-hydrogen) atoms. The monoisotopic (exact) mass is 217 g/mol. The molecule has 0 saturated heterocycles. The molecular weight excluding hydrogens is 198 g/mol. The molecule has 2 nitrogen and oxygen atoms in total. The summed E-state index contributed by atoms with van der Waals surface area (Å²) in [6, 6.07) is 0. The molecular formula is C11H20ClNO. The van der Waals surface area contributed by atoms with Gasteiger partial charge in [-0.3, -0.25) is 4.79 Å². The lowest BCUT2D eigenvalue weighted by Crippen LogP contribution is -2.23. The van der Waals surface area contributed by atoms with E-state index >= 15 is 0 Å². The van der Waals surface area contributed by atoms with E-state index in [2.05, 4.69) is 18.8 Å². The lowest BCUT2D eigenvalue weighted by atomic mass is 10.1. The molecule has 0 unspecified atom stereocenters. The lowest BCUT2D eigenvalue weighted by molar-refractivity contribution is -0.116. The number of hydrogen-bond acceptors (Lipinski definition) is 1. The summed E-state index contributed by atoms with van der Waals surface area (Å²) in [4.78, 5) is 10.9. The summed E-state index contributed by atoms with van der Waals surface area (Å²) in [7, 11) is 0. The van der Waals surface area contributed by atoms with Crippen molar-refractivity contribution in [3.05, 3.63) is 11.6 Å². The standard InChI is InChI=1S/C11H20ClNO/c1-3-4-5-6-7-8-9-13-11(14)10(2)12/h2-9H2,1H3,(H,13,14). The quantitative estimate of drug-likeness (QED) is 0.491. The summed E-state index contributed by atoms with van der Waals surface area (Å²) in [6.45, 7) is 6.25. The van der Waals surface area contributed by atoms with Gasteiger partial charge in [-0.2, -0.15) is 0 Å². The van der Waals surface area contributed by atoms with Gasteiger partial charge in [0.25, 0.3) is 5.91 Å². The third kappa shape index (κ3) is 8.11. The number of hydrogen-bond donors (Lipinski definition) is 1. The minimum atomic E-state index is -0.250. The Morgan fingerprint density at radius 3 is 2.36 bits per heavy atom. The van der Waals surface area contributed by atoms with Crippen molar-refractivity contribution in [2.75, 3.05) is 6.54 Å². The van der Waals surface area contributed by atoms with Crippen LogP contribution in [0.5, 0.6) is 0 Å². The van der Waals surface area contributed by atoms with E-state index in [4.69, 9.17) is 11.6 Å². The summed E-state index contributed by atoms with van der Waals surface area (Å²) in [5.74, 6) is -0.250. The van der Waals surface area contributed by atoms with Crippen LogP contribution >= 0.6 is 11.6 Å². The van der Waals surface area contributed by atoms with Crippen molar-refractivity contribution in [3.63, 3.8) is 0 Å². The van der Waals surface area contributed by atoms with Gasteiger partial charge in [-0.1, -0.05) is 57.2 Å². The lowest BCUT2D eigenvalue weighted by Gasteiger charge is -2.03. The molecule has 0 fully saturated rings. The zero-order valence-electron chi connectivity index (χ0n) is 8.94. The molecule has 82 valence electrons. The molecule has 0 radical (unpaired) electrons. The maximum absolute atomic E-state index is 10.9. The van der Waals surface area contributed by atoms with Crippen LogP contribution in [0.25, 0.3) is 0 Å². The smallest absolute Gasteiger partial charge is 0.262 e. The fourth-order valence-electron chi connectivity index (χ4n) is 1.20. The van der Waals surface area contributed by atoms with Crippen LogP contribution in [0.3, 0.4) is 0 Å². The highest BCUT2D eigenvalue weighted by molar-refractivity contribution is 6.41. The molecule has 0 aliphatic carbocycles. The maximum atomic E-state index is 10.9. The van der Waals surface area contributed by atoms with Crippen molar-refractivity contribution in [2.24, 2.45) is 0 Å². The molecule has 0 aliphatic rings. The topological polar surface area (TPSA) is 29.1 Å². The van der Waals surface area contributed by atoms with Crippen LogP contribution < -0.4 is 5.32 Å². The Labute approximate surface area is 91.7 Å². The van der Waals surface area contributed by atoms with Gasteiger partial charge in [0.1, 0.15) is 0 Å². The third-order valence-electron chi connectivity index (χ3n) is 2.06. The second-order valence-electron chi connectivity index (χ2n) is 3.43. The molecule has 0 aromatic heterocycles. The van der Waals surface area contributed by atoms with Crippen LogP contribution in [-0.2, 0) is 4.79 Å². The van der Waals surface area contributed by atoms with Crippen LogP contribution in [0.1, 0.15) is 45.4 Å². The number of nitrogens with one attached hydrogen (secondary N) is 1. The van der Waals surface area contributed by atoms with Crippen LogP contribution in [0.4, 0.5) is 0 Å². The van der Waals surface area contributed by atoms with Crippen LogP contribution in [0, 0.1) is 0 Å². The Kier molecular flexibility index (Phi) is 8.75. The number of carbonyl (C=O) groups is 1. The zero-order chi connectivity index (χ0) is 10.8. The van der Waals surface area contributed by atoms with Gasteiger partial charge in [0.15, 0.2) is 0 Å². The second kappa shape index (κ2) is 9.07. The molecule has 0 spiro atoms. The van der Waals surface area contributed by atoms with Crippen LogP contribution in [0.2, 0.25) is 0 Å². The summed E-state index contributed by atoms with van der Waals surface area (Å²) in [6.07, 6.45) is 7.33. The Hall–Kier alpha value is -0.500. The van der Waals surface area contributed by atoms with Gasteiger partial charge in [-0.05, 0) is 6.42 Å². The fourth-order valence-corrected chi connectivity index (χ4v) is 1.27. The Morgan fingerprint density at radius 1 is 1.21 bits per heavy atom. The fraction of sp³-hybridized carbons (Fsp3) is 0.727. The van der Waals surface area contributed by atoms with Crippen molar-refractivity contribution in [2.45, 2.75) is 45.4 Å². The molecule has 1 N–H and O–H groups in total. The molecule has 0 aliphatic heterocycles. The average Bonchev–Trinajstić information content (AvgIpc) is 2.16. The molecule has 0 atom stereocenters. The first kappa shape index (κ1) is 13.5. The second-order valence-corrected chi connectivity index (χ2v) is 3.88. The summed E-state index contributed by atoms with van der Waals surface area (Å²) < 4.78 is 0. The molecule has 0 saturated carbocycles. The number of carbonyl (C=O) groups excluding carboxylic acids is 1. The van der Waals surface area contributed by atoms with E-state index < -0.39 is 0 Å². The number of rotatable bonds is 8. The van der Waals surface area contributed by atoms with E-state index in [9.17, 15) is 4.79 Å². The van der Waals surface area contributed by atoms with Gasteiger partial charge < -0.3 is 5.32 Å². The van der Waals surface area contributed by atoms with Gasteiger partial charge in [0.05, 0.1) is 5.03 Å². The van der Waals surface area contributed by atoms with Gasteiger partial charge in [0.2, 0.25) is 0 Å². The summed E-state index contributed by atoms with van der Waals surface area (Å²) >= 11 is 5.40. The molecule has 0 rings (SSSR count). The third-order valence-corrected chi connectivity index (χ3v) is 2.23. The van der Waals surface area contributed by atoms with Crippen molar-refractivity contribution >= 4 is 17.5 Å². The first-order chi connectivity index (χ1) is 6.68. The molecule has 0 bridgehead atoms. The Balaban J connectivity index is 3.13. The van der Waals surface area contributed by atoms with E-state index in [1.54, 1.807) is 0 Å². The van der Waals surface area contributed by atoms with E-state index in [1.165, 1.54) is 32.1 Å². The Morgan fingerprint density at radius 2 is 1.79 bits per heavy atom.